The van der Waals surface area contributed by atoms with Crippen LogP contribution < -0.4 is 0 Å². The number of ketones is 1. The van der Waals surface area contributed by atoms with Gasteiger partial charge in [0, 0.05) is 11.4 Å². The second-order valence-electron chi connectivity index (χ2n) is 3.72. The summed E-state index contributed by atoms with van der Waals surface area (Å²) in [6.07, 6.45) is 0. The fourth-order valence-corrected chi connectivity index (χ4v) is 1.32. The highest BCUT2D eigenvalue weighted by atomic mass is 35.5. The summed E-state index contributed by atoms with van der Waals surface area (Å²) in [6.45, 7) is 2.95. The minimum Gasteiger partial charge on any atom is -0.382 e. The summed E-state index contributed by atoms with van der Waals surface area (Å²) in [5.74, 6) is 0.0805. The molecule has 0 unspecified atom stereocenters. The molecule has 0 amide bonds. The van der Waals surface area contributed by atoms with Crippen LogP contribution in [0.3, 0.4) is 0 Å². The third-order valence-corrected chi connectivity index (χ3v) is 2.21. The lowest BCUT2D eigenvalue weighted by Gasteiger charge is -2.15. The molecule has 1 aromatic carbocycles. The Kier molecular flexibility index (Phi) is 3.29. The van der Waals surface area contributed by atoms with Gasteiger partial charge in [-0.25, -0.2) is 0 Å². The van der Waals surface area contributed by atoms with Gasteiger partial charge in [0.1, 0.15) is 5.60 Å². The largest absolute Gasteiger partial charge is 0.382 e. The van der Waals surface area contributed by atoms with Gasteiger partial charge >= 0.3 is 0 Å². The average molecular weight is 213 g/mol. The minimum absolute atomic E-state index is 0.288. The molecule has 0 saturated carbocycles. The molecular formula is C11H13ClO2. The predicted octanol–water partition coefficient (Wildman–Crippen LogP) is 2.38. The number of rotatable bonds is 3. The molecule has 76 valence electrons. The van der Waals surface area contributed by atoms with Crippen molar-refractivity contribution in [3.63, 3.8) is 0 Å². The van der Waals surface area contributed by atoms with Crippen molar-refractivity contribution in [2.24, 2.45) is 0 Å². The van der Waals surface area contributed by atoms with Crippen molar-refractivity contribution >= 4 is 17.4 Å². The van der Waals surface area contributed by atoms with Crippen molar-refractivity contribution in [2.45, 2.75) is 25.3 Å². The fraction of sp³-hybridized carbons (Fsp3) is 0.364. The number of carbonyl (C=O) groups excluding carboxylic acids is 1. The Balaban J connectivity index is 3.02. The van der Waals surface area contributed by atoms with E-state index < -0.39 is 5.60 Å². The zero-order valence-electron chi connectivity index (χ0n) is 8.25. The van der Waals surface area contributed by atoms with Gasteiger partial charge in [-0.15, -0.1) is 11.6 Å². The molecule has 0 saturated heterocycles. The molecule has 0 aliphatic carbocycles. The van der Waals surface area contributed by atoms with Crippen LogP contribution in [0.5, 0.6) is 0 Å². The Morgan fingerprint density at radius 1 is 1.50 bits per heavy atom. The Morgan fingerprint density at radius 2 is 2.14 bits per heavy atom. The van der Waals surface area contributed by atoms with Crippen molar-refractivity contribution in [1.82, 2.24) is 0 Å². The van der Waals surface area contributed by atoms with Gasteiger partial charge in [-0.05, 0) is 25.5 Å². The SMILES string of the molecule is CC(C)(O)C(=O)c1cccc(CCl)c1. The number of carbonyl (C=O) groups is 1. The molecule has 0 atom stereocenters. The molecule has 0 aliphatic heterocycles. The Labute approximate surface area is 88.5 Å². The zero-order valence-corrected chi connectivity index (χ0v) is 9.01. The summed E-state index contributed by atoms with van der Waals surface area (Å²) in [7, 11) is 0. The zero-order chi connectivity index (χ0) is 10.8. The number of aliphatic hydroxyl groups is 1. The van der Waals surface area contributed by atoms with Gasteiger partial charge in [0.05, 0.1) is 0 Å². The van der Waals surface area contributed by atoms with Gasteiger partial charge in [0.25, 0.3) is 0 Å². The summed E-state index contributed by atoms with van der Waals surface area (Å²) in [5.41, 5.74) is 0.0442. The first kappa shape index (κ1) is 11.2. The minimum atomic E-state index is -1.33. The average Bonchev–Trinajstić information content (AvgIpc) is 2.15. The van der Waals surface area contributed by atoms with Gasteiger partial charge in [-0.2, -0.15) is 0 Å². The number of hydrogen-bond acceptors (Lipinski definition) is 2. The molecule has 2 nitrogen and oxygen atoms in total. The fourth-order valence-electron chi connectivity index (χ4n) is 1.15. The topological polar surface area (TPSA) is 37.3 Å². The van der Waals surface area contributed by atoms with Crippen LogP contribution in [0, 0.1) is 0 Å². The molecule has 0 fully saturated rings. The highest BCUT2D eigenvalue weighted by Gasteiger charge is 2.24. The van der Waals surface area contributed by atoms with Crippen molar-refractivity contribution in [3.05, 3.63) is 35.4 Å². The van der Waals surface area contributed by atoms with E-state index in [4.69, 9.17) is 11.6 Å². The van der Waals surface area contributed by atoms with Crippen LogP contribution in [0.1, 0.15) is 29.8 Å². The first-order chi connectivity index (χ1) is 6.45. The summed E-state index contributed by atoms with van der Waals surface area (Å²) < 4.78 is 0. The maximum atomic E-state index is 11.6. The Morgan fingerprint density at radius 3 is 2.64 bits per heavy atom. The van der Waals surface area contributed by atoms with E-state index in [0.29, 0.717) is 11.4 Å². The predicted molar refractivity (Wildman–Crippen MR) is 56.6 cm³/mol. The number of halogens is 1. The molecule has 0 spiro atoms. The smallest absolute Gasteiger partial charge is 0.193 e. The summed E-state index contributed by atoms with van der Waals surface area (Å²) in [6, 6.07) is 6.98. The summed E-state index contributed by atoms with van der Waals surface area (Å²) in [5, 5.41) is 9.52. The molecule has 0 aliphatic rings. The maximum absolute atomic E-state index is 11.6. The van der Waals surface area contributed by atoms with Gasteiger partial charge in [-0.1, -0.05) is 18.2 Å². The number of benzene rings is 1. The second kappa shape index (κ2) is 4.11. The molecule has 14 heavy (non-hydrogen) atoms. The Hall–Kier alpha value is -0.860. The van der Waals surface area contributed by atoms with Gasteiger partial charge in [0.15, 0.2) is 5.78 Å². The van der Waals surface area contributed by atoms with E-state index in [1.807, 2.05) is 6.07 Å². The molecule has 3 heteroatoms. The normalized spacial score (nSPS) is 11.4. The lowest BCUT2D eigenvalue weighted by atomic mass is 9.96. The van der Waals surface area contributed by atoms with Crippen molar-refractivity contribution in [2.75, 3.05) is 0 Å². The molecule has 0 aromatic heterocycles. The van der Waals surface area contributed by atoms with E-state index in [9.17, 15) is 9.90 Å². The van der Waals surface area contributed by atoms with E-state index in [-0.39, 0.29) is 5.78 Å². The van der Waals surface area contributed by atoms with E-state index >= 15 is 0 Å². The molecule has 0 heterocycles. The standard InChI is InChI=1S/C11H13ClO2/c1-11(2,14)10(13)9-5-3-4-8(6-9)7-12/h3-6,14H,7H2,1-2H3. The summed E-state index contributed by atoms with van der Waals surface area (Å²) >= 11 is 5.64. The van der Waals surface area contributed by atoms with E-state index in [2.05, 4.69) is 0 Å². The van der Waals surface area contributed by atoms with Crippen molar-refractivity contribution < 1.29 is 9.90 Å². The van der Waals surface area contributed by atoms with Gasteiger partial charge < -0.3 is 5.11 Å². The second-order valence-corrected chi connectivity index (χ2v) is 3.99. The molecule has 0 radical (unpaired) electrons. The first-order valence-corrected chi connectivity index (χ1v) is 4.90. The van der Waals surface area contributed by atoms with Crippen LogP contribution in [0.25, 0.3) is 0 Å². The van der Waals surface area contributed by atoms with Gasteiger partial charge in [0.2, 0.25) is 0 Å². The molecule has 0 bridgehead atoms. The number of hydrogen-bond donors (Lipinski definition) is 1. The first-order valence-electron chi connectivity index (χ1n) is 4.37. The van der Waals surface area contributed by atoms with Crippen LogP contribution in [-0.2, 0) is 5.88 Å². The third kappa shape index (κ3) is 2.56. The quantitative estimate of drug-likeness (QED) is 0.617. The molecule has 1 aromatic rings. The van der Waals surface area contributed by atoms with Crippen LogP contribution in [0.2, 0.25) is 0 Å². The summed E-state index contributed by atoms with van der Waals surface area (Å²) in [4.78, 5) is 11.6. The highest BCUT2D eigenvalue weighted by Crippen LogP contribution is 2.14. The molecular weight excluding hydrogens is 200 g/mol. The van der Waals surface area contributed by atoms with Crippen molar-refractivity contribution in [1.29, 1.82) is 0 Å². The van der Waals surface area contributed by atoms with Crippen LogP contribution >= 0.6 is 11.6 Å². The number of Topliss-reactive ketones (excluding diaryl/α,β-unsaturated/α-hetero) is 1. The lowest BCUT2D eigenvalue weighted by molar-refractivity contribution is 0.0488. The van der Waals surface area contributed by atoms with Crippen molar-refractivity contribution in [3.8, 4) is 0 Å². The lowest BCUT2D eigenvalue weighted by Crippen LogP contribution is -2.31. The van der Waals surface area contributed by atoms with Crippen LogP contribution in [0.15, 0.2) is 24.3 Å². The third-order valence-electron chi connectivity index (χ3n) is 1.90. The molecule has 1 N–H and O–H groups in total. The van der Waals surface area contributed by atoms with Crippen LogP contribution in [-0.4, -0.2) is 16.5 Å². The monoisotopic (exact) mass is 212 g/mol. The highest BCUT2D eigenvalue weighted by molar-refractivity contribution is 6.17. The number of alkyl halides is 1. The van der Waals surface area contributed by atoms with E-state index in [1.165, 1.54) is 13.8 Å². The van der Waals surface area contributed by atoms with E-state index in [0.717, 1.165) is 5.56 Å². The van der Waals surface area contributed by atoms with E-state index in [1.54, 1.807) is 18.2 Å². The van der Waals surface area contributed by atoms with Gasteiger partial charge in [-0.3, -0.25) is 4.79 Å². The Bertz CT molecular complexity index is 339. The molecule has 1 rings (SSSR count). The van der Waals surface area contributed by atoms with Crippen LogP contribution in [0.4, 0.5) is 0 Å². The maximum Gasteiger partial charge on any atom is 0.193 e.